The van der Waals surface area contributed by atoms with Gasteiger partial charge < -0.3 is 19.5 Å². The van der Waals surface area contributed by atoms with Gasteiger partial charge in [0.1, 0.15) is 18.5 Å². The molecule has 0 fully saturated rings. The second kappa shape index (κ2) is 7.59. The molecule has 2 aromatic rings. The molecule has 0 saturated heterocycles. The number of amides is 1. The Morgan fingerprint density at radius 1 is 1.19 bits per heavy atom. The Morgan fingerprint density at radius 3 is 2.58 bits per heavy atom. The molecule has 26 heavy (non-hydrogen) atoms. The van der Waals surface area contributed by atoms with Gasteiger partial charge in [-0.15, -0.1) is 0 Å². The number of benzene rings is 2. The molecule has 7 heteroatoms. The van der Waals surface area contributed by atoms with E-state index in [4.69, 9.17) is 14.2 Å². The average molecular weight is 363 g/mol. The molecule has 3 atom stereocenters. The first kappa shape index (κ1) is 18.0. The van der Waals surface area contributed by atoms with Crippen molar-refractivity contribution in [1.82, 2.24) is 5.32 Å². The van der Waals surface area contributed by atoms with E-state index < -0.39 is 29.9 Å². The Kier molecular flexibility index (Phi) is 5.25. The lowest BCUT2D eigenvalue weighted by molar-refractivity contribution is -0.134. The highest BCUT2D eigenvalue weighted by Crippen LogP contribution is 2.33. The first-order valence-corrected chi connectivity index (χ1v) is 8.24. The van der Waals surface area contributed by atoms with E-state index in [0.717, 1.165) is 12.1 Å². The van der Waals surface area contributed by atoms with Crippen molar-refractivity contribution in [2.45, 2.75) is 32.1 Å². The number of carbonyl (C=O) groups is 1. The molecule has 0 spiro atoms. The van der Waals surface area contributed by atoms with Crippen LogP contribution in [0.25, 0.3) is 0 Å². The van der Waals surface area contributed by atoms with Crippen molar-refractivity contribution in [3.05, 3.63) is 54.1 Å². The lowest BCUT2D eigenvalue weighted by Gasteiger charge is -2.31. The summed E-state index contributed by atoms with van der Waals surface area (Å²) in [6.45, 7) is 3.48. The minimum Gasteiger partial charge on any atom is -0.488 e. The van der Waals surface area contributed by atoms with E-state index in [1.54, 1.807) is 32.0 Å². The van der Waals surface area contributed by atoms with E-state index in [0.29, 0.717) is 11.5 Å². The quantitative estimate of drug-likeness (QED) is 0.887. The molecule has 5 nitrogen and oxygen atoms in total. The Labute approximate surface area is 149 Å². The summed E-state index contributed by atoms with van der Waals surface area (Å²) >= 11 is 0. The van der Waals surface area contributed by atoms with Crippen molar-refractivity contribution in [3.8, 4) is 17.2 Å². The van der Waals surface area contributed by atoms with E-state index in [1.807, 2.05) is 6.07 Å². The van der Waals surface area contributed by atoms with E-state index in [1.165, 1.54) is 6.07 Å². The van der Waals surface area contributed by atoms with Gasteiger partial charge in [-0.1, -0.05) is 12.1 Å². The lowest BCUT2D eigenvalue weighted by atomic mass is 10.1. The zero-order chi connectivity index (χ0) is 18.7. The molecule has 1 N–H and O–H groups in total. The first-order valence-electron chi connectivity index (χ1n) is 8.24. The van der Waals surface area contributed by atoms with E-state index in [2.05, 4.69) is 5.32 Å². The zero-order valence-corrected chi connectivity index (χ0v) is 14.4. The molecule has 0 aliphatic carbocycles. The molecule has 1 aliphatic rings. The van der Waals surface area contributed by atoms with Crippen LogP contribution in [0.2, 0.25) is 0 Å². The normalized spacial score (nSPS) is 19.5. The molecule has 0 bridgehead atoms. The summed E-state index contributed by atoms with van der Waals surface area (Å²) in [6.07, 6.45) is -1.28. The summed E-state index contributed by atoms with van der Waals surface area (Å²) in [5, 5.41) is 2.75. The molecule has 3 rings (SSSR count). The Bertz CT molecular complexity index is 799. The fraction of sp³-hybridized carbons (Fsp3) is 0.316. The number of hydrogen-bond acceptors (Lipinski definition) is 4. The van der Waals surface area contributed by atoms with Gasteiger partial charge in [-0.25, -0.2) is 8.78 Å². The molecule has 0 saturated carbocycles. The minimum absolute atomic E-state index is 0.0207. The van der Waals surface area contributed by atoms with Crippen LogP contribution in [0.1, 0.15) is 13.8 Å². The Morgan fingerprint density at radius 2 is 1.88 bits per heavy atom. The summed E-state index contributed by atoms with van der Waals surface area (Å²) in [5.74, 6) is -0.817. The van der Waals surface area contributed by atoms with Crippen molar-refractivity contribution in [2.75, 3.05) is 6.61 Å². The predicted molar refractivity (Wildman–Crippen MR) is 90.4 cm³/mol. The van der Waals surface area contributed by atoms with Crippen LogP contribution >= 0.6 is 0 Å². The van der Waals surface area contributed by atoms with Crippen LogP contribution in [0.4, 0.5) is 8.78 Å². The number of ether oxygens (including phenoxy) is 3. The van der Waals surface area contributed by atoms with Crippen molar-refractivity contribution in [3.63, 3.8) is 0 Å². The molecular weight excluding hydrogens is 344 g/mol. The summed E-state index contributed by atoms with van der Waals surface area (Å²) < 4.78 is 43.2. The molecule has 1 heterocycles. The van der Waals surface area contributed by atoms with Gasteiger partial charge in [-0.3, -0.25) is 4.79 Å². The summed E-state index contributed by atoms with van der Waals surface area (Å²) in [6, 6.07) is 9.75. The second-order valence-corrected chi connectivity index (χ2v) is 6.10. The third kappa shape index (κ3) is 4.04. The van der Waals surface area contributed by atoms with Crippen molar-refractivity contribution < 1.29 is 27.8 Å². The summed E-state index contributed by atoms with van der Waals surface area (Å²) in [4.78, 5) is 12.5. The van der Waals surface area contributed by atoms with Crippen molar-refractivity contribution in [1.29, 1.82) is 0 Å². The summed E-state index contributed by atoms with van der Waals surface area (Å²) in [5.41, 5.74) is 0. The SMILES string of the molecule is C[C@H](COc1ccc(F)cc1F)NC(=O)[C@@H]1Oc2ccccc2O[C@H]1C. The number of carbonyl (C=O) groups excluding carboxylic acids is 1. The van der Waals surface area contributed by atoms with Gasteiger partial charge in [0.05, 0.1) is 6.04 Å². The highest BCUT2D eigenvalue weighted by Gasteiger charge is 2.34. The largest absolute Gasteiger partial charge is 0.488 e. The standard InChI is InChI=1S/C19H19F2NO4/c1-11(10-24-15-8-7-13(20)9-14(15)21)22-19(23)18-12(2)25-16-5-3-4-6-17(16)26-18/h3-9,11-12,18H,10H2,1-2H3,(H,22,23)/t11-,12+,18-/m1/s1. The molecule has 1 aliphatic heterocycles. The van der Waals surface area contributed by atoms with Gasteiger partial charge in [-0.05, 0) is 38.1 Å². The van der Waals surface area contributed by atoms with Gasteiger partial charge in [0.15, 0.2) is 23.1 Å². The third-order valence-electron chi connectivity index (χ3n) is 3.87. The molecule has 2 aromatic carbocycles. The number of halogens is 2. The van der Waals surface area contributed by atoms with Gasteiger partial charge in [0, 0.05) is 6.07 Å². The highest BCUT2D eigenvalue weighted by molar-refractivity contribution is 5.82. The molecular formula is C19H19F2NO4. The van der Waals surface area contributed by atoms with Crippen LogP contribution in [-0.2, 0) is 4.79 Å². The van der Waals surface area contributed by atoms with Crippen LogP contribution in [0.15, 0.2) is 42.5 Å². The Hall–Kier alpha value is -2.83. The fourth-order valence-corrected chi connectivity index (χ4v) is 2.58. The van der Waals surface area contributed by atoms with Crippen LogP contribution < -0.4 is 19.5 Å². The smallest absolute Gasteiger partial charge is 0.265 e. The maximum absolute atomic E-state index is 13.6. The summed E-state index contributed by atoms with van der Waals surface area (Å²) in [7, 11) is 0. The Balaban J connectivity index is 1.56. The number of fused-ring (bicyclic) bond motifs is 1. The average Bonchev–Trinajstić information content (AvgIpc) is 2.60. The second-order valence-electron chi connectivity index (χ2n) is 6.10. The topological polar surface area (TPSA) is 56.8 Å². The van der Waals surface area contributed by atoms with Gasteiger partial charge >= 0.3 is 0 Å². The molecule has 1 amide bonds. The highest BCUT2D eigenvalue weighted by atomic mass is 19.1. The van der Waals surface area contributed by atoms with E-state index in [-0.39, 0.29) is 18.3 Å². The van der Waals surface area contributed by atoms with Gasteiger partial charge in [0.2, 0.25) is 6.10 Å². The number of hydrogen-bond donors (Lipinski definition) is 1. The third-order valence-corrected chi connectivity index (χ3v) is 3.87. The fourth-order valence-electron chi connectivity index (χ4n) is 2.58. The number of rotatable bonds is 5. The molecule has 0 radical (unpaired) electrons. The zero-order valence-electron chi connectivity index (χ0n) is 14.4. The van der Waals surface area contributed by atoms with Gasteiger partial charge in [0.25, 0.3) is 5.91 Å². The van der Waals surface area contributed by atoms with Crippen LogP contribution in [0.5, 0.6) is 17.2 Å². The number of para-hydroxylation sites is 2. The maximum atomic E-state index is 13.6. The van der Waals surface area contributed by atoms with Crippen LogP contribution in [-0.4, -0.2) is 30.8 Å². The molecule has 0 aromatic heterocycles. The minimum atomic E-state index is -0.810. The van der Waals surface area contributed by atoms with Crippen molar-refractivity contribution in [2.24, 2.45) is 0 Å². The first-order chi connectivity index (χ1) is 12.4. The molecule has 0 unspecified atom stereocenters. The van der Waals surface area contributed by atoms with Crippen LogP contribution in [0, 0.1) is 11.6 Å². The van der Waals surface area contributed by atoms with Crippen LogP contribution in [0.3, 0.4) is 0 Å². The number of nitrogens with one attached hydrogen (secondary N) is 1. The van der Waals surface area contributed by atoms with E-state index in [9.17, 15) is 13.6 Å². The van der Waals surface area contributed by atoms with E-state index >= 15 is 0 Å². The lowest BCUT2D eigenvalue weighted by Crippen LogP contribution is -2.52. The monoisotopic (exact) mass is 363 g/mol. The molecule has 138 valence electrons. The van der Waals surface area contributed by atoms with Crippen molar-refractivity contribution >= 4 is 5.91 Å². The maximum Gasteiger partial charge on any atom is 0.265 e. The predicted octanol–water partition coefficient (Wildman–Crippen LogP) is 3.08. The van der Waals surface area contributed by atoms with Gasteiger partial charge in [-0.2, -0.15) is 0 Å².